The molecule has 3 aliphatic rings. The molecule has 3 atom stereocenters. The number of Topliss-reactive ketones (excluding diaryl/α,β-unsaturated/α-hetero) is 1. The van der Waals surface area contributed by atoms with Gasteiger partial charge in [0, 0.05) is 64.4 Å². The SMILES string of the molecule is CCCN1C[C@@H](CC(=O)N2CCc3ccccc3C2)C[C@@H]2CC(=O)C(=CN(C)C)C[C@H]21. The maximum Gasteiger partial charge on any atom is 0.223 e. The minimum Gasteiger partial charge on any atom is -0.383 e. The molecule has 2 fully saturated rings. The minimum absolute atomic E-state index is 0.282. The van der Waals surface area contributed by atoms with E-state index in [-0.39, 0.29) is 5.91 Å². The lowest BCUT2D eigenvalue weighted by molar-refractivity contribution is -0.134. The Labute approximate surface area is 187 Å². The maximum absolute atomic E-state index is 13.2. The average Bonchev–Trinajstić information content (AvgIpc) is 2.74. The van der Waals surface area contributed by atoms with Gasteiger partial charge in [0.25, 0.3) is 0 Å². The Balaban J connectivity index is 1.42. The second kappa shape index (κ2) is 9.56. The average molecular weight is 424 g/mol. The second-order valence-corrected chi connectivity index (χ2v) is 9.91. The third-order valence-corrected chi connectivity index (χ3v) is 7.25. The van der Waals surface area contributed by atoms with Crippen LogP contribution in [0.3, 0.4) is 0 Å². The molecule has 0 unspecified atom stereocenters. The van der Waals surface area contributed by atoms with Gasteiger partial charge in [0.2, 0.25) is 5.91 Å². The zero-order valence-corrected chi connectivity index (χ0v) is 19.3. The summed E-state index contributed by atoms with van der Waals surface area (Å²) < 4.78 is 0. The highest BCUT2D eigenvalue weighted by Gasteiger charge is 2.41. The molecule has 168 valence electrons. The molecule has 0 N–H and O–H groups in total. The van der Waals surface area contributed by atoms with Gasteiger partial charge in [-0.25, -0.2) is 0 Å². The lowest BCUT2D eigenvalue weighted by Gasteiger charge is -2.47. The molecule has 0 radical (unpaired) electrons. The van der Waals surface area contributed by atoms with Crippen molar-refractivity contribution in [2.45, 2.75) is 58.0 Å². The number of hydrogen-bond donors (Lipinski definition) is 0. The van der Waals surface area contributed by atoms with Crippen LogP contribution in [0, 0.1) is 11.8 Å². The molecule has 5 heteroatoms. The van der Waals surface area contributed by atoms with E-state index < -0.39 is 0 Å². The highest BCUT2D eigenvalue weighted by molar-refractivity contribution is 5.96. The molecule has 0 spiro atoms. The number of benzene rings is 1. The number of fused-ring (bicyclic) bond motifs is 2. The van der Waals surface area contributed by atoms with Gasteiger partial charge in [0.1, 0.15) is 0 Å². The Bertz CT molecular complexity index is 847. The third-order valence-electron chi connectivity index (χ3n) is 7.25. The number of ketones is 1. The Morgan fingerprint density at radius 1 is 1.19 bits per heavy atom. The van der Waals surface area contributed by atoms with Crippen LogP contribution in [0.5, 0.6) is 0 Å². The standard InChI is InChI=1S/C26H37N3O2/c1-4-10-28-16-19(12-22-15-25(30)23(14-24(22)28)17-27(2)3)13-26(31)29-11-9-20-7-5-6-8-21(20)18-29/h5-8,17,19,22,24H,4,9-16,18H2,1-3H3/t19-,22-,24-/m1/s1. The molecule has 4 rings (SSSR count). The van der Waals surface area contributed by atoms with Crippen LogP contribution in [-0.2, 0) is 22.6 Å². The molecular weight excluding hydrogens is 386 g/mol. The number of piperidine rings is 1. The van der Waals surface area contributed by atoms with Gasteiger partial charge in [-0.2, -0.15) is 0 Å². The monoisotopic (exact) mass is 423 g/mol. The van der Waals surface area contributed by atoms with Crippen LogP contribution in [0.15, 0.2) is 36.0 Å². The topological polar surface area (TPSA) is 43.9 Å². The first-order valence-corrected chi connectivity index (χ1v) is 11.9. The van der Waals surface area contributed by atoms with Crippen LogP contribution in [0.1, 0.15) is 50.2 Å². The predicted octanol–water partition coefficient (Wildman–Crippen LogP) is 3.49. The van der Waals surface area contributed by atoms with E-state index in [9.17, 15) is 9.59 Å². The summed E-state index contributed by atoms with van der Waals surface area (Å²) in [5.74, 6) is 1.31. The fourth-order valence-electron chi connectivity index (χ4n) is 5.86. The van der Waals surface area contributed by atoms with E-state index in [2.05, 4.69) is 36.1 Å². The fourth-order valence-corrected chi connectivity index (χ4v) is 5.86. The van der Waals surface area contributed by atoms with Crippen molar-refractivity contribution >= 4 is 11.7 Å². The molecule has 1 aliphatic carbocycles. The van der Waals surface area contributed by atoms with E-state index in [0.29, 0.717) is 36.5 Å². The molecule has 0 bridgehead atoms. The van der Waals surface area contributed by atoms with Gasteiger partial charge in [-0.3, -0.25) is 14.5 Å². The second-order valence-electron chi connectivity index (χ2n) is 9.91. The molecule has 1 amide bonds. The van der Waals surface area contributed by atoms with Crippen LogP contribution < -0.4 is 0 Å². The predicted molar refractivity (Wildman–Crippen MR) is 123 cm³/mol. The normalized spacial score (nSPS) is 27.7. The lowest BCUT2D eigenvalue weighted by Crippen LogP contribution is -2.52. The molecule has 1 aromatic carbocycles. The molecule has 1 saturated heterocycles. The molecule has 1 aromatic rings. The van der Waals surface area contributed by atoms with Crippen molar-refractivity contribution in [3.63, 3.8) is 0 Å². The van der Waals surface area contributed by atoms with E-state index in [4.69, 9.17) is 0 Å². The Kier molecular flexibility index (Phi) is 6.80. The summed E-state index contributed by atoms with van der Waals surface area (Å²) in [6.45, 7) is 5.81. The first kappa shape index (κ1) is 22.1. The van der Waals surface area contributed by atoms with Gasteiger partial charge in [-0.1, -0.05) is 31.2 Å². The number of hydrogen-bond acceptors (Lipinski definition) is 4. The van der Waals surface area contributed by atoms with Gasteiger partial charge in [0.05, 0.1) is 0 Å². The summed E-state index contributed by atoms with van der Waals surface area (Å²) in [6, 6.07) is 8.92. The molecule has 2 aliphatic heterocycles. The summed E-state index contributed by atoms with van der Waals surface area (Å²) in [4.78, 5) is 32.5. The minimum atomic E-state index is 0.282. The fraction of sp³-hybridized carbons (Fsp3) is 0.615. The van der Waals surface area contributed by atoms with E-state index in [0.717, 1.165) is 57.4 Å². The number of carbonyl (C=O) groups excluding carboxylic acids is 2. The van der Waals surface area contributed by atoms with Gasteiger partial charge in [0.15, 0.2) is 5.78 Å². The largest absolute Gasteiger partial charge is 0.383 e. The Morgan fingerprint density at radius 3 is 2.71 bits per heavy atom. The molecule has 0 aromatic heterocycles. The zero-order valence-electron chi connectivity index (χ0n) is 19.3. The number of nitrogens with zero attached hydrogens (tertiary/aromatic N) is 3. The first-order valence-electron chi connectivity index (χ1n) is 11.9. The first-order chi connectivity index (χ1) is 14.9. The summed E-state index contributed by atoms with van der Waals surface area (Å²) in [7, 11) is 3.97. The highest BCUT2D eigenvalue weighted by atomic mass is 16.2. The molecule has 2 heterocycles. The molecular formula is C26H37N3O2. The van der Waals surface area contributed by atoms with Crippen LogP contribution >= 0.6 is 0 Å². The van der Waals surface area contributed by atoms with E-state index in [1.54, 1.807) is 0 Å². The maximum atomic E-state index is 13.2. The molecule has 5 nitrogen and oxygen atoms in total. The van der Waals surface area contributed by atoms with E-state index in [1.165, 1.54) is 11.1 Å². The quantitative estimate of drug-likeness (QED) is 0.680. The number of rotatable bonds is 5. The third kappa shape index (κ3) is 5.03. The van der Waals surface area contributed by atoms with Crippen LogP contribution in [0.25, 0.3) is 0 Å². The summed E-state index contributed by atoms with van der Waals surface area (Å²) in [5, 5.41) is 0. The number of carbonyl (C=O) groups is 2. The van der Waals surface area contributed by atoms with Gasteiger partial charge in [-0.05, 0) is 55.2 Å². The zero-order chi connectivity index (χ0) is 22.0. The lowest BCUT2D eigenvalue weighted by atomic mass is 9.72. The van der Waals surface area contributed by atoms with E-state index in [1.807, 2.05) is 30.1 Å². The van der Waals surface area contributed by atoms with Gasteiger partial charge < -0.3 is 9.80 Å². The van der Waals surface area contributed by atoms with Crippen molar-refractivity contribution in [3.05, 3.63) is 47.2 Å². The van der Waals surface area contributed by atoms with Crippen LogP contribution in [0.2, 0.25) is 0 Å². The number of likely N-dealkylation sites (tertiary alicyclic amines) is 1. The van der Waals surface area contributed by atoms with Crippen molar-refractivity contribution in [1.82, 2.24) is 14.7 Å². The highest BCUT2D eigenvalue weighted by Crippen LogP contribution is 2.39. The van der Waals surface area contributed by atoms with Crippen molar-refractivity contribution < 1.29 is 9.59 Å². The molecule has 1 saturated carbocycles. The van der Waals surface area contributed by atoms with Crippen molar-refractivity contribution in [1.29, 1.82) is 0 Å². The Morgan fingerprint density at radius 2 is 1.97 bits per heavy atom. The van der Waals surface area contributed by atoms with Crippen LogP contribution in [0.4, 0.5) is 0 Å². The van der Waals surface area contributed by atoms with Crippen molar-refractivity contribution in [3.8, 4) is 0 Å². The van der Waals surface area contributed by atoms with Crippen molar-refractivity contribution in [2.75, 3.05) is 33.7 Å². The van der Waals surface area contributed by atoms with Crippen molar-refractivity contribution in [2.24, 2.45) is 11.8 Å². The van der Waals surface area contributed by atoms with Gasteiger partial charge >= 0.3 is 0 Å². The summed E-state index contributed by atoms with van der Waals surface area (Å²) >= 11 is 0. The smallest absolute Gasteiger partial charge is 0.223 e. The Hall–Kier alpha value is -2.14. The van der Waals surface area contributed by atoms with Crippen LogP contribution in [-0.4, -0.2) is 66.2 Å². The summed E-state index contributed by atoms with van der Waals surface area (Å²) in [5.41, 5.74) is 3.63. The summed E-state index contributed by atoms with van der Waals surface area (Å²) in [6.07, 6.45) is 7.16. The van der Waals surface area contributed by atoms with Gasteiger partial charge in [-0.15, -0.1) is 0 Å². The molecule has 31 heavy (non-hydrogen) atoms. The van der Waals surface area contributed by atoms with E-state index >= 15 is 0 Å². The number of amides is 1.